The first-order chi connectivity index (χ1) is 10.3. The zero-order valence-electron chi connectivity index (χ0n) is 12.1. The van der Waals surface area contributed by atoms with Crippen molar-refractivity contribution in [1.82, 2.24) is 0 Å². The van der Waals surface area contributed by atoms with E-state index in [1.54, 1.807) is 6.07 Å². The molecule has 120 valence electrons. The maximum absolute atomic E-state index is 12.2. The predicted molar refractivity (Wildman–Crippen MR) is 77.2 cm³/mol. The number of primary sulfonamides is 1. The van der Waals surface area contributed by atoms with Crippen LogP contribution in [0.1, 0.15) is 35.2 Å². The molecule has 0 amide bonds. The summed E-state index contributed by atoms with van der Waals surface area (Å²) >= 11 is 0. The molecule has 0 saturated heterocycles. The van der Waals surface area contributed by atoms with Crippen LogP contribution in [0.3, 0.4) is 0 Å². The van der Waals surface area contributed by atoms with Crippen LogP contribution < -0.4 is 9.88 Å². The standard InChI is InChI=1S/C14H17NO6S/c1-20-13(17)4-2-3-11(16)10-7-9-5-6-21-14(9)12(8-10)22(15,18)19/h7-8H,2-6H2,1H3,(H2,15,18,19). The number of fused-ring (bicyclic) bond motifs is 1. The van der Waals surface area contributed by atoms with Gasteiger partial charge in [-0.25, -0.2) is 13.6 Å². The highest BCUT2D eigenvalue weighted by Gasteiger charge is 2.25. The van der Waals surface area contributed by atoms with Crippen molar-refractivity contribution in [3.05, 3.63) is 23.3 Å². The summed E-state index contributed by atoms with van der Waals surface area (Å²) < 4.78 is 33.1. The van der Waals surface area contributed by atoms with Gasteiger partial charge >= 0.3 is 5.97 Å². The number of nitrogens with two attached hydrogens (primary N) is 1. The van der Waals surface area contributed by atoms with Crippen LogP contribution in [0.2, 0.25) is 0 Å². The van der Waals surface area contributed by atoms with E-state index < -0.39 is 10.0 Å². The second-order valence-corrected chi connectivity index (χ2v) is 6.49. The molecule has 1 aliphatic rings. The molecule has 0 atom stereocenters. The molecule has 2 N–H and O–H groups in total. The molecular weight excluding hydrogens is 310 g/mol. The van der Waals surface area contributed by atoms with Gasteiger partial charge in [0.1, 0.15) is 10.6 Å². The van der Waals surface area contributed by atoms with Crippen LogP contribution in [0.25, 0.3) is 0 Å². The Balaban J connectivity index is 2.21. The fourth-order valence-electron chi connectivity index (χ4n) is 2.28. The molecule has 0 spiro atoms. The molecule has 0 unspecified atom stereocenters. The zero-order valence-corrected chi connectivity index (χ0v) is 12.9. The lowest BCUT2D eigenvalue weighted by Crippen LogP contribution is -2.14. The van der Waals surface area contributed by atoms with Gasteiger partial charge in [0, 0.05) is 24.8 Å². The van der Waals surface area contributed by atoms with Crippen LogP contribution in [0.4, 0.5) is 0 Å². The van der Waals surface area contributed by atoms with E-state index in [1.165, 1.54) is 13.2 Å². The van der Waals surface area contributed by atoms with Crippen molar-refractivity contribution in [3.8, 4) is 5.75 Å². The van der Waals surface area contributed by atoms with Gasteiger partial charge in [-0.05, 0) is 24.1 Å². The number of rotatable bonds is 6. The highest BCUT2D eigenvalue weighted by Crippen LogP contribution is 2.34. The highest BCUT2D eigenvalue weighted by atomic mass is 32.2. The maximum atomic E-state index is 12.2. The summed E-state index contributed by atoms with van der Waals surface area (Å²) in [6.07, 6.45) is 1.13. The number of carbonyl (C=O) groups is 2. The molecule has 1 aromatic rings. The molecule has 1 aliphatic heterocycles. The Bertz CT molecular complexity index is 710. The van der Waals surface area contributed by atoms with Crippen LogP contribution in [-0.2, 0) is 26.0 Å². The Kier molecular flexibility index (Phi) is 4.82. The van der Waals surface area contributed by atoms with Crippen LogP contribution in [-0.4, -0.2) is 33.9 Å². The Morgan fingerprint density at radius 1 is 1.32 bits per heavy atom. The summed E-state index contributed by atoms with van der Waals surface area (Å²) in [5.74, 6) is -0.405. The van der Waals surface area contributed by atoms with Gasteiger partial charge in [-0.3, -0.25) is 9.59 Å². The number of ketones is 1. The van der Waals surface area contributed by atoms with E-state index in [-0.39, 0.29) is 40.8 Å². The highest BCUT2D eigenvalue weighted by molar-refractivity contribution is 7.89. The van der Waals surface area contributed by atoms with Gasteiger partial charge in [0.25, 0.3) is 0 Å². The smallest absolute Gasteiger partial charge is 0.305 e. The molecule has 0 saturated carbocycles. The summed E-state index contributed by atoms with van der Waals surface area (Å²) in [6, 6.07) is 2.86. The Hall–Kier alpha value is -1.93. The largest absolute Gasteiger partial charge is 0.492 e. The molecule has 2 rings (SSSR count). The van der Waals surface area contributed by atoms with Gasteiger partial charge in [-0.1, -0.05) is 0 Å². The van der Waals surface area contributed by atoms with E-state index >= 15 is 0 Å². The Morgan fingerprint density at radius 2 is 2.05 bits per heavy atom. The van der Waals surface area contributed by atoms with Crippen LogP contribution in [0.15, 0.2) is 17.0 Å². The quantitative estimate of drug-likeness (QED) is 0.610. The van der Waals surface area contributed by atoms with Crippen molar-refractivity contribution in [2.45, 2.75) is 30.6 Å². The molecule has 0 aliphatic carbocycles. The molecule has 1 aromatic carbocycles. The summed E-state index contributed by atoms with van der Waals surface area (Å²) in [4.78, 5) is 23.0. The second kappa shape index (κ2) is 6.45. The van der Waals surface area contributed by atoms with Gasteiger partial charge in [0.2, 0.25) is 10.0 Å². The minimum absolute atomic E-state index is 0.124. The number of hydrogen-bond acceptors (Lipinski definition) is 6. The van der Waals surface area contributed by atoms with Crippen molar-refractivity contribution in [2.24, 2.45) is 5.14 Å². The van der Waals surface area contributed by atoms with Crippen molar-refractivity contribution < 1.29 is 27.5 Å². The lowest BCUT2D eigenvalue weighted by Gasteiger charge is -2.09. The number of sulfonamides is 1. The van der Waals surface area contributed by atoms with Crippen molar-refractivity contribution in [2.75, 3.05) is 13.7 Å². The molecule has 0 radical (unpaired) electrons. The molecule has 0 fully saturated rings. The summed E-state index contributed by atoms with van der Waals surface area (Å²) in [7, 11) is -2.69. The summed E-state index contributed by atoms with van der Waals surface area (Å²) in [6.45, 7) is 0.359. The van der Waals surface area contributed by atoms with E-state index in [0.29, 0.717) is 25.0 Å². The Morgan fingerprint density at radius 3 is 2.68 bits per heavy atom. The number of esters is 1. The van der Waals surface area contributed by atoms with E-state index in [4.69, 9.17) is 9.88 Å². The van der Waals surface area contributed by atoms with Gasteiger partial charge in [-0.15, -0.1) is 0 Å². The molecule has 1 heterocycles. The van der Waals surface area contributed by atoms with E-state index in [2.05, 4.69) is 4.74 Å². The molecule has 0 bridgehead atoms. The minimum Gasteiger partial charge on any atom is -0.492 e. The molecule has 0 aromatic heterocycles. The number of Topliss-reactive ketones (excluding diaryl/α,β-unsaturated/α-hetero) is 1. The summed E-state index contributed by atoms with van der Waals surface area (Å²) in [5, 5.41) is 5.18. The van der Waals surface area contributed by atoms with E-state index in [0.717, 1.165) is 0 Å². The number of carbonyl (C=O) groups excluding carboxylic acids is 2. The van der Waals surface area contributed by atoms with Gasteiger partial charge in [0.05, 0.1) is 13.7 Å². The van der Waals surface area contributed by atoms with E-state index in [9.17, 15) is 18.0 Å². The minimum atomic E-state index is -3.97. The van der Waals surface area contributed by atoms with E-state index in [1.807, 2.05) is 0 Å². The van der Waals surface area contributed by atoms with Gasteiger partial charge < -0.3 is 9.47 Å². The average Bonchev–Trinajstić information content (AvgIpc) is 2.92. The SMILES string of the molecule is COC(=O)CCCC(=O)c1cc2c(c(S(N)(=O)=O)c1)OCC2. The lowest BCUT2D eigenvalue weighted by molar-refractivity contribution is -0.140. The molecule has 8 heteroatoms. The third-order valence-electron chi connectivity index (χ3n) is 3.39. The first-order valence-electron chi connectivity index (χ1n) is 6.75. The van der Waals surface area contributed by atoms with Crippen molar-refractivity contribution in [1.29, 1.82) is 0 Å². The van der Waals surface area contributed by atoms with Crippen LogP contribution >= 0.6 is 0 Å². The van der Waals surface area contributed by atoms with Crippen LogP contribution in [0, 0.1) is 0 Å². The predicted octanol–water partition coefficient (Wildman–Crippen LogP) is 0.795. The average molecular weight is 327 g/mol. The Labute approximate surface area is 128 Å². The van der Waals surface area contributed by atoms with Crippen molar-refractivity contribution >= 4 is 21.8 Å². The fourth-order valence-corrected chi connectivity index (χ4v) is 3.02. The first kappa shape index (κ1) is 16.4. The third-order valence-corrected chi connectivity index (χ3v) is 4.31. The second-order valence-electron chi connectivity index (χ2n) is 4.96. The van der Waals surface area contributed by atoms with Crippen molar-refractivity contribution in [3.63, 3.8) is 0 Å². The summed E-state index contributed by atoms with van der Waals surface area (Å²) in [5.41, 5.74) is 0.918. The molecular formula is C14H17NO6S. The molecule has 22 heavy (non-hydrogen) atoms. The monoisotopic (exact) mass is 327 g/mol. The number of benzene rings is 1. The fraction of sp³-hybridized carbons (Fsp3) is 0.429. The maximum Gasteiger partial charge on any atom is 0.305 e. The first-order valence-corrected chi connectivity index (χ1v) is 8.30. The zero-order chi connectivity index (χ0) is 16.3. The molecule has 7 nitrogen and oxygen atoms in total. The number of methoxy groups -OCH3 is 1. The third kappa shape index (κ3) is 3.63. The topological polar surface area (TPSA) is 113 Å². The number of hydrogen-bond donors (Lipinski definition) is 1. The van der Waals surface area contributed by atoms with Gasteiger partial charge in [-0.2, -0.15) is 0 Å². The van der Waals surface area contributed by atoms with Gasteiger partial charge in [0.15, 0.2) is 5.78 Å². The number of ether oxygens (including phenoxy) is 2. The normalized spacial score (nSPS) is 13.4. The van der Waals surface area contributed by atoms with Crippen LogP contribution in [0.5, 0.6) is 5.75 Å². The lowest BCUT2D eigenvalue weighted by atomic mass is 10.0.